The van der Waals surface area contributed by atoms with Crippen LogP contribution in [0.25, 0.3) is 32.9 Å². The molecule has 5 heterocycles. The van der Waals surface area contributed by atoms with Crippen LogP contribution in [0.15, 0.2) is 71.8 Å². The minimum absolute atomic E-state index is 0.0453. The van der Waals surface area contributed by atoms with Crippen molar-refractivity contribution in [3.63, 3.8) is 0 Å². The largest absolute Gasteiger partial charge is 0.393 e. The Labute approximate surface area is 261 Å². The maximum Gasteiger partial charge on any atom is 0.274 e. The standard InChI is InChI=1S/C35H38N6O4/c1-40-20-29(27-13-16-37-31(27)33(40)43)22-7-10-30-28(17-22)32(35(21-42,45-25-8-9-25)23-5-3-2-4-6-23)39-34(38-30)41-18-26(19-41)44-24-11-14-36-15-12-24/h2-7,10,13,16-17,20,24-26,36-37,42H,8-9,11-12,14-15,18-19,21H2,1H3/t35-/m0/s1. The summed E-state index contributed by atoms with van der Waals surface area (Å²) in [5, 5.41) is 16.3. The molecule has 2 aliphatic heterocycles. The predicted octanol–water partition coefficient (Wildman–Crippen LogP) is 3.85. The average molecular weight is 607 g/mol. The summed E-state index contributed by atoms with van der Waals surface area (Å²) < 4.78 is 14.8. The number of aromatic amines is 1. The van der Waals surface area contributed by atoms with Crippen LogP contribution in [0.5, 0.6) is 0 Å². The van der Waals surface area contributed by atoms with Gasteiger partial charge >= 0.3 is 0 Å². The molecule has 3 fully saturated rings. The number of benzene rings is 2. The van der Waals surface area contributed by atoms with E-state index in [1.165, 1.54) is 0 Å². The lowest BCUT2D eigenvalue weighted by Crippen LogP contribution is -2.55. The molecule has 1 aliphatic carbocycles. The first-order valence-corrected chi connectivity index (χ1v) is 16.0. The minimum Gasteiger partial charge on any atom is -0.393 e. The van der Waals surface area contributed by atoms with Gasteiger partial charge in [0.05, 0.1) is 36.1 Å². The number of ether oxygens (including phenoxy) is 2. The van der Waals surface area contributed by atoms with Crippen molar-refractivity contribution in [2.75, 3.05) is 37.7 Å². The zero-order valence-electron chi connectivity index (χ0n) is 25.4. The van der Waals surface area contributed by atoms with Crippen LogP contribution in [0.1, 0.15) is 36.9 Å². The van der Waals surface area contributed by atoms with E-state index in [0.29, 0.717) is 23.3 Å². The van der Waals surface area contributed by atoms with E-state index in [9.17, 15) is 9.90 Å². The highest BCUT2D eigenvalue weighted by atomic mass is 16.5. The topological polar surface area (TPSA) is 118 Å². The lowest BCUT2D eigenvalue weighted by molar-refractivity contribution is -0.0673. The van der Waals surface area contributed by atoms with Gasteiger partial charge in [0, 0.05) is 48.9 Å². The van der Waals surface area contributed by atoms with Gasteiger partial charge in [0.15, 0.2) is 5.60 Å². The second-order valence-electron chi connectivity index (χ2n) is 12.6. The normalized spacial score (nSPS) is 19.2. The summed E-state index contributed by atoms with van der Waals surface area (Å²) in [6, 6.07) is 18.0. The number of nitrogens with zero attached hydrogens (tertiary/aromatic N) is 4. The molecule has 3 N–H and O–H groups in total. The van der Waals surface area contributed by atoms with E-state index in [0.717, 1.165) is 84.8 Å². The molecule has 1 saturated carbocycles. The molecule has 232 valence electrons. The molecule has 8 rings (SSSR count). The fourth-order valence-electron chi connectivity index (χ4n) is 6.76. The van der Waals surface area contributed by atoms with Crippen molar-refractivity contribution in [2.45, 2.75) is 49.6 Å². The number of aryl methyl sites for hydroxylation is 1. The van der Waals surface area contributed by atoms with Crippen LogP contribution >= 0.6 is 0 Å². The van der Waals surface area contributed by atoms with Crippen molar-refractivity contribution >= 4 is 27.8 Å². The number of nitrogens with one attached hydrogen (secondary N) is 2. The lowest BCUT2D eigenvalue weighted by Gasteiger charge is -2.42. The number of fused-ring (bicyclic) bond motifs is 2. The Bertz CT molecular complexity index is 1910. The molecule has 10 nitrogen and oxygen atoms in total. The van der Waals surface area contributed by atoms with E-state index in [-0.39, 0.29) is 24.4 Å². The van der Waals surface area contributed by atoms with Crippen LogP contribution < -0.4 is 15.8 Å². The number of aliphatic hydroxyl groups is 1. The molecular weight excluding hydrogens is 568 g/mol. The van der Waals surface area contributed by atoms with Gasteiger partial charge in [0.2, 0.25) is 5.95 Å². The average Bonchev–Trinajstić information content (AvgIpc) is 3.74. The number of piperidine rings is 1. The molecule has 2 saturated heterocycles. The Balaban J connectivity index is 1.26. The lowest BCUT2D eigenvalue weighted by atomic mass is 9.87. The first kappa shape index (κ1) is 28.4. The highest BCUT2D eigenvalue weighted by Gasteiger charge is 2.44. The van der Waals surface area contributed by atoms with Crippen molar-refractivity contribution < 1.29 is 14.6 Å². The number of aliphatic hydroxyl groups excluding tert-OH is 1. The second kappa shape index (κ2) is 11.4. The van der Waals surface area contributed by atoms with E-state index < -0.39 is 5.60 Å². The molecule has 3 aliphatic rings. The van der Waals surface area contributed by atoms with Gasteiger partial charge in [0.25, 0.3) is 5.56 Å². The van der Waals surface area contributed by atoms with Crippen molar-refractivity contribution in [1.82, 2.24) is 24.8 Å². The van der Waals surface area contributed by atoms with Gasteiger partial charge in [-0.1, -0.05) is 36.4 Å². The fourth-order valence-corrected chi connectivity index (χ4v) is 6.76. The van der Waals surface area contributed by atoms with Gasteiger partial charge in [-0.2, -0.15) is 0 Å². The number of pyridine rings is 1. The van der Waals surface area contributed by atoms with Crippen LogP contribution in [-0.2, 0) is 22.1 Å². The van der Waals surface area contributed by atoms with Crippen LogP contribution in [0.3, 0.4) is 0 Å². The number of rotatable bonds is 9. The molecule has 10 heteroatoms. The molecule has 5 aromatic rings. The number of aromatic nitrogens is 4. The van der Waals surface area contributed by atoms with Gasteiger partial charge in [-0.25, -0.2) is 9.97 Å². The van der Waals surface area contributed by atoms with Gasteiger partial charge < -0.3 is 34.3 Å². The number of hydrogen-bond acceptors (Lipinski definition) is 8. The van der Waals surface area contributed by atoms with E-state index >= 15 is 0 Å². The first-order chi connectivity index (χ1) is 22.0. The zero-order chi connectivity index (χ0) is 30.5. The molecule has 0 bridgehead atoms. The molecule has 0 spiro atoms. The maximum atomic E-state index is 12.8. The highest BCUT2D eigenvalue weighted by Crippen LogP contribution is 2.43. The van der Waals surface area contributed by atoms with Crippen molar-refractivity contribution in [2.24, 2.45) is 7.05 Å². The van der Waals surface area contributed by atoms with E-state index in [1.807, 2.05) is 54.7 Å². The predicted molar refractivity (Wildman–Crippen MR) is 173 cm³/mol. The van der Waals surface area contributed by atoms with Crippen LogP contribution in [0.2, 0.25) is 0 Å². The van der Waals surface area contributed by atoms with E-state index in [2.05, 4.69) is 21.3 Å². The molecule has 45 heavy (non-hydrogen) atoms. The summed E-state index contributed by atoms with van der Waals surface area (Å²) in [6.45, 7) is 3.17. The maximum absolute atomic E-state index is 12.8. The molecule has 1 atom stereocenters. The number of hydrogen-bond donors (Lipinski definition) is 3. The second-order valence-corrected chi connectivity index (χ2v) is 12.6. The van der Waals surface area contributed by atoms with Crippen molar-refractivity contribution in [3.8, 4) is 11.1 Å². The third kappa shape index (κ3) is 5.11. The molecule has 0 amide bonds. The van der Waals surface area contributed by atoms with Gasteiger partial charge in [-0.05, 0) is 68.1 Å². The summed E-state index contributed by atoms with van der Waals surface area (Å²) in [5.74, 6) is 0.610. The Kier molecular flexibility index (Phi) is 7.17. The van der Waals surface area contributed by atoms with E-state index in [1.54, 1.807) is 17.8 Å². The summed E-state index contributed by atoms with van der Waals surface area (Å²) in [4.78, 5) is 28.3. The number of H-pyrrole nitrogens is 1. The Morgan fingerprint density at radius 2 is 1.76 bits per heavy atom. The SMILES string of the molecule is Cn1cc(-c2ccc3nc(N4CC(OC5CCNCC5)C4)nc([C@@](CO)(OC4CC4)c4ccccc4)c3c2)c2cc[nH]c2c1=O. The number of anilines is 1. The molecule has 3 aromatic heterocycles. The highest BCUT2D eigenvalue weighted by molar-refractivity contribution is 5.97. The Hall–Kier alpha value is -4.09. The van der Waals surface area contributed by atoms with Crippen LogP contribution in [0.4, 0.5) is 5.95 Å². The zero-order valence-corrected chi connectivity index (χ0v) is 25.4. The third-order valence-corrected chi connectivity index (χ3v) is 9.43. The smallest absolute Gasteiger partial charge is 0.274 e. The van der Waals surface area contributed by atoms with Crippen LogP contribution in [0, 0.1) is 0 Å². The van der Waals surface area contributed by atoms with E-state index in [4.69, 9.17) is 19.4 Å². The summed E-state index contributed by atoms with van der Waals surface area (Å²) in [5.41, 5.74) is 3.40. The first-order valence-electron chi connectivity index (χ1n) is 16.0. The summed E-state index contributed by atoms with van der Waals surface area (Å²) in [6.07, 6.45) is 8.11. The molecule has 0 radical (unpaired) electrons. The molecule has 2 aromatic carbocycles. The quantitative estimate of drug-likeness (QED) is 0.232. The van der Waals surface area contributed by atoms with Crippen molar-refractivity contribution in [1.29, 1.82) is 0 Å². The third-order valence-electron chi connectivity index (χ3n) is 9.43. The van der Waals surface area contributed by atoms with Crippen LogP contribution in [-0.4, -0.2) is 75.7 Å². The fraction of sp³-hybridized carbons (Fsp3) is 0.400. The van der Waals surface area contributed by atoms with Gasteiger partial charge in [-0.15, -0.1) is 0 Å². The van der Waals surface area contributed by atoms with Crippen molar-refractivity contribution in [3.05, 3.63) is 88.6 Å². The van der Waals surface area contributed by atoms with Gasteiger partial charge in [-0.3, -0.25) is 4.79 Å². The summed E-state index contributed by atoms with van der Waals surface area (Å²) >= 11 is 0. The van der Waals surface area contributed by atoms with Gasteiger partial charge in [0.1, 0.15) is 5.52 Å². The molecule has 0 unspecified atom stereocenters. The Morgan fingerprint density at radius 1 is 0.956 bits per heavy atom. The molecular formula is C35H38N6O4. The minimum atomic E-state index is -1.18. The Morgan fingerprint density at radius 3 is 2.51 bits per heavy atom. The summed E-state index contributed by atoms with van der Waals surface area (Å²) in [7, 11) is 1.76. The monoisotopic (exact) mass is 606 g/mol.